The van der Waals surface area contributed by atoms with Gasteiger partial charge in [0.15, 0.2) is 0 Å². The van der Waals surface area contributed by atoms with Crippen molar-refractivity contribution in [2.75, 3.05) is 5.73 Å². The number of aromatic nitrogens is 1. The van der Waals surface area contributed by atoms with E-state index in [-0.39, 0.29) is 18.1 Å². The van der Waals surface area contributed by atoms with Crippen LogP contribution in [-0.2, 0) is 11.3 Å². The lowest BCUT2D eigenvalue weighted by atomic mass is 9.84. The largest absolute Gasteiger partial charge is 0.384 e. The van der Waals surface area contributed by atoms with Crippen LogP contribution in [0.2, 0.25) is 0 Å². The van der Waals surface area contributed by atoms with Crippen molar-refractivity contribution in [3.05, 3.63) is 117 Å². The minimum absolute atomic E-state index is 0.104. The number of nitrogens with two attached hydrogens (primary N) is 1. The molecule has 3 aliphatic heterocycles. The van der Waals surface area contributed by atoms with Gasteiger partial charge in [-0.25, -0.2) is 9.41 Å². The molecular formula is C28H24N3O3+. The summed E-state index contributed by atoms with van der Waals surface area (Å²) in [6.07, 6.45) is 3.48. The first-order valence-corrected chi connectivity index (χ1v) is 11.2. The highest BCUT2D eigenvalue weighted by Crippen LogP contribution is 2.54. The van der Waals surface area contributed by atoms with Gasteiger partial charge in [-0.3, -0.25) is 4.79 Å². The molecule has 0 spiro atoms. The molecule has 3 aromatic rings. The Kier molecular flexibility index (Phi) is 4.54. The average Bonchev–Trinajstić information content (AvgIpc) is 3.51. The van der Waals surface area contributed by atoms with Crippen molar-refractivity contribution in [1.82, 2.24) is 10.3 Å². The van der Waals surface area contributed by atoms with Crippen LogP contribution in [-0.4, -0.2) is 16.7 Å². The Balaban J connectivity index is 1.26. The topological polar surface area (TPSA) is 88.5 Å². The van der Waals surface area contributed by atoms with Crippen LogP contribution in [0.4, 0.5) is 5.82 Å². The van der Waals surface area contributed by atoms with Gasteiger partial charge in [0.2, 0.25) is 0 Å². The number of hydrogen-bond acceptors (Lipinski definition) is 4. The number of pyridine rings is 1. The zero-order valence-electron chi connectivity index (χ0n) is 19.0. The van der Waals surface area contributed by atoms with Crippen LogP contribution in [0.3, 0.4) is 0 Å². The van der Waals surface area contributed by atoms with Crippen LogP contribution in [0.1, 0.15) is 71.6 Å². The maximum atomic E-state index is 13.0. The Morgan fingerprint density at radius 3 is 2.53 bits per heavy atom. The quantitative estimate of drug-likeness (QED) is 0.572. The summed E-state index contributed by atoms with van der Waals surface area (Å²) in [6, 6.07) is 13.9. The highest BCUT2D eigenvalue weighted by atomic mass is 16.5. The fraction of sp³-hybridized carbons (Fsp3) is 0.179. The Labute approximate surface area is 197 Å². The highest BCUT2D eigenvalue weighted by Gasteiger charge is 2.43. The first-order valence-electron chi connectivity index (χ1n) is 11.2. The summed E-state index contributed by atoms with van der Waals surface area (Å²) in [6.45, 7) is 8.12. The lowest BCUT2D eigenvalue weighted by Crippen LogP contribution is -2.24. The fourth-order valence-electron chi connectivity index (χ4n) is 5.10. The standard InChI is InChI=1S/C28H23N3O3/c1-14-10-25(29)31-16(3)23(14)13-30-28(32)18-6-8-20-22(12-18)27-21-11-17(24-9-4-15(2)33-24)5-7-19(21)26(20)34-27/h4-12,26-27H,2,13H2,1,3H3,(H2-,29,30,31,32)/p+1. The van der Waals surface area contributed by atoms with Crippen molar-refractivity contribution >= 4 is 17.5 Å². The number of carbonyl (C=O) groups is 1. The van der Waals surface area contributed by atoms with Gasteiger partial charge < -0.3 is 15.8 Å². The zero-order chi connectivity index (χ0) is 23.6. The summed E-state index contributed by atoms with van der Waals surface area (Å²) in [4.78, 5) is 17.3. The molecule has 0 saturated heterocycles. The average molecular weight is 451 g/mol. The van der Waals surface area contributed by atoms with Crippen molar-refractivity contribution in [1.29, 1.82) is 0 Å². The molecule has 0 radical (unpaired) electrons. The Bertz CT molecular complexity index is 1440. The van der Waals surface area contributed by atoms with Crippen molar-refractivity contribution in [3.63, 3.8) is 0 Å². The van der Waals surface area contributed by atoms with E-state index in [0.29, 0.717) is 23.7 Å². The van der Waals surface area contributed by atoms with E-state index in [1.807, 2.05) is 50.3 Å². The van der Waals surface area contributed by atoms with Gasteiger partial charge in [-0.1, -0.05) is 12.1 Å². The number of amides is 1. The summed E-state index contributed by atoms with van der Waals surface area (Å²) < 4.78 is 12.0. The molecule has 6 nitrogen and oxygen atoms in total. The van der Waals surface area contributed by atoms with Crippen LogP contribution >= 0.6 is 0 Å². The van der Waals surface area contributed by atoms with E-state index < -0.39 is 0 Å². The normalized spacial score (nSPS) is 19.2. The van der Waals surface area contributed by atoms with Crippen LogP contribution in [0, 0.1) is 13.8 Å². The molecule has 2 aromatic carbocycles. The number of hydrogen-bond donors (Lipinski definition) is 2. The number of nitrogen functional groups attached to an aromatic ring is 1. The number of carbonyl (C=O) groups excluding carboxylic acids is 2. The predicted molar refractivity (Wildman–Crippen MR) is 130 cm³/mol. The van der Waals surface area contributed by atoms with E-state index in [0.717, 1.165) is 44.9 Å². The van der Waals surface area contributed by atoms with Crippen molar-refractivity contribution in [2.45, 2.75) is 32.6 Å². The summed E-state index contributed by atoms with van der Waals surface area (Å²) in [5.74, 6) is 1.77. The molecule has 1 aromatic heterocycles. The predicted octanol–water partition coefficient (Wildman–Crippen LogP) is 4.53. The van der Waals surface area contributed by atoms with E-state index in [2.05, 4.69) is 35.1 Å². The Morgan fingerprint density at radius 2 is 1.79 bits per heavy atom. The number of allylic oxidation sites excluding steroid dienone is 2. The summed E-state index contributed by atoms with van der Waals surface area (Å²) >= 11 is 0. The molecule has 0 saturated carbocycles. The van der Waals surface area contributed by atoms with Gasteiger partial charge in [-0.05, 0) is 77.6 Å². The lowest BCUT2D eigenvalue weighted by molar-refractivity contribution is -0.186. The molecule has 6 rings (SSSR count). The molecule has 2 unspecified atom stereocenters. The SMILES string of the molecule is C=C1C=CC(c2ccc3c(c2)C2OC3c3ccc(C(=O)NCc4c(C)cc(N)nc4C)cc32)=[O+]1. The molecule has 4 heterocycles. The molecule has 0 aliphatic carbocycles. The third-order valence-electron chi connectivity index (χ3n) is 6.78. The van der Waals surface area contributed by atoms with Gasteiger partial charge in [-0.15, -0.1) is 0 Å². The van der Waals surface area contributed by atoms with Crippen molar-refractivity contribution in [2.24, 2.45) is 0 Å². The second kappa shape index (κ2) is 7.50. The lowest BCUT2D eigenvalue weighted by Gasteiger charge is -2.17. The van der Waals surface area contributed by atoms with E-state index in [4.69, 9.17) is 14.9 Å². The zero-order valence-corrected chi connectivity index (χ0v) is 19.0. The molecular weight excluding hydrogens is 426 g/mol. The molecule has 0 fully saturated rings. The number of anilines is 1. The Morgan fingerprint density at radius 1 is 1.06 bits per heavy atom. The summed E-state index contributed by atoms with van der Waals surface area (Å²) in [7, 11) is 0. The van der Waals surface area contributed by atoms with Crippen molar-refractivity contribution < 1.29 is 14.0 Å². The second-order valence-corrected chi connectivity index (χ2v) is 8.96. The fourth-order valence-corrected chi connectivity index (χ4v) is 5.10. The monoisotopic (exact) mass is 450 g/mol. The first-order chi connectivity index (χ1) is 16.4. The molecule has 6 heteroatoms. The number of nitrogens with one attached hydrogen (secondary N) is 1. The number of aryl methyl sites for hydroxylation is 2. The molecule has 2 bridgehead atoms. The molecule has 34 heavy (non-hydrogen) atoms. The molecule has 3 aliphatic rings. The second-order valence-electron chi connectivity index (χ2n) is 8.96. The van der Waals surface area contributed by atoms with Crippen LogP contribution in [0.25, 0.3) is 0 Å². The van der Waals surface area contributed by atoms with Crippen LogP contribution in [0.5, 0.6) is 0 Å². The maximum absolute atomic E-state index is 13.0. The van der Waals surface area contributed by atoms with Crippen LogP contribution < -0.4 is 11.1 Å². The molecule has 3 N–H and O–H groups in total. The third-order valence-corrected chi connectivity index (χ3v) is 6.78. The molecule has 168 valence electrons. The van der Waals surface area contributed by atoms with Crippen molar-refractivity contribution in [3.8, 4) is 0 Å². The van der Waals surface area contributed by atoms with E-state index >= 15 is 0 Å². The third kappa shape index (κ3) is 3.18. The minimum Gasteiger partial charge on any atom is -0.384 e. The van der Waals surface area contributed by atoms with Gasteiger partial charge in [-0.2, -0.15) is 0 Å². The summed E-state index contributed by atoms with van der Waals surface area (Å²) in [5, 5.41) is 3.02. The van der Waals surface area contributed by atoms with E-state index in [1.165, 1.54) is 5.56 Å². The number of benzene rings is 2. The van der Waals surface area contributed by atoms with E-state index in [1.54, 1.807) is 0 Å². The van der Waals surface area contributed by atoms with Crippen LogP contribution in [0.15, 0.2) is 67.0 Å². The van der Waals surface area contributed by atoms with Gasteiger partial charge >= 0.3 is 11.5 Å². The maximum Gasteiger partial charge on any atom is 0.361 e. The number of ether oxygens (including phenoxy) is 1. The minimum atomic E-state index is -0.192. The number of rotatable bonds is 4. The number of nitrogens with zero attached hydrogens (tertiary/aromatic N) is 1. The number of ketones is 1. The smallest absolute Gasteiger partial charge is 0.361 e. The van der Waals surface area contributed by atoms with Gasteiger partial charge in [0.1, 0.15) is 18.0 Å². The van der Waals surface area contributed by atoms with Gasteiger partial charge in [0.05, 0.1) is 17.7 Å². The molecule has 1 amide bonds. The Hall–Kier alpha value is -4.03. The van der Waals surface area contributed by atoms with Gasteiger partial charge in [0.25, 0.3) is 5.91 Å². The number of fused-ring (bicyclic) bond motifs is 8. The summed E-state index contributed by atoms with van der Waals surface area (Å²) in [5.41, 5.74) is 14.7. The highest BCUT2D eigenvalue weighted by molar-refractivity contribution is 6.06. The van der Waals surface area contributed by atoms with Gasteiger partial charge in [0, 0.05) is 24.4 Å². The van der Waals surface area contributed by atoms with E-state index in [9.17, 15) is 4.79 Å². The molecule has 2 atom stereocenters. The first kappa shape index (κ1) is 20.6.